The van der Waals surface area contributed by atoms with Gasteiger partial charge in [-0.1, -0.05) is 0 Å². The molecule has 1 amide bonds. The molecule has 1 saturated carbocycles. The van der Waals surface area contributed by atoms with Crippen LogP contribution in [0.15, 0.2) is 27.6 Å². The minimum atomic E-state index is -3.59. The largest absolute Gasteiger partial charge is 0.398 e. The molecule has 0 heterocycles. The van der Waals surface area contributed by atoms with Gasteiger partial charge in [0.25, 0.3) is 0 Å². The van der Waals surface area contributed by atoms with E-state index in [2.05, 4.69) is 26.0 Å². The van der Waals surface area contributed by atoms with Crippen LogP contribution in [0.5, 0.6) is 0 Å². The van der Waals surface area contributed by atoms with Crippen LogP contribution in [0.2, 0.25) is 0 Å². The molecule has 0 radical (unpaired) electrons. The van der Waals surface area contributed by atoms with Crippen LogP contribution in [-0.4, -0.2) is 27.4 Å². The predicted octanol–water partition coefficient (Wildman–Crippen LogP) is 0.836. The van der Waals surface area contributed by atoms with Crippen LogP contribution in [0.4, 0.5) is 5.69 Å². The first-order chi connectivity index (χ1) is 9.40. The van der Waals surface area contributed by atoms with Gasteiger partial charge in [0.05, 0.1) is 4.90 Å². The minimum absolute atomic E-state index is 0.000530. The zero-order valence-corrected chi connectivity index (χ0v) is 13.1. The first-order valence-corrected chi connectivity index (χ1v) is 8.50. The molecule has 4 N–H and O–H groups in total. The maximum absolute atomic E-state index is 12.0. The van der Waals surface area contributed by atoms with Crippen molar-refractivity contribution in [1.82, 2.24) is 10.0 Å². The number of halogens is 1. The van der Waals surface area contributed by atoms with E-state index in [4.69, 9.17) is 5.73 Å². The minimum Gasteiger partial charge on any atom is -0.398 e. The summed E-state index contributed by atoms with van der Waals surface area (Å²) in [6.45, 7) is 0.438. The van der Waals surface area contributed by atoms with Gasteiger partial charge in [-0.15, -0.1) is 0 Å². The highest BCUT2D eigenvalue weighted by molar-refractivity contribution is 9.10. The molecule has 1 aromatic carbocycles. The standard InChI is InChI=1S/C12H16BrN3O3S/c13-10-7-9(3-4-11(10)14)20(18,19)16-6-5-15-12(17)8-1-2-8/h3-4,7-8,16H,1-2,5-6,14H2,(H,15,17). The summed E-state index contributed by atoms with van der Waals surface area (Å²) in [6.07, 6.45) is 1.86. The van der Waals surface area contributed by atoms with Crippen LogP contribution in [0, 0.1) is 5.92 Å². The van der Waals surface area contributed by atoms with E-state index in [1.54, 1.807) is 0 Å². The summed E-state index contributed by atoms with van der Waals surface area (Å²) in [5.41, 5.74) is 6.08. The van der Waals surface area contributed by atoms with Crippen LogP contribution in [0.25, 0.3) is 0 Å². The number of rotatable bonds is 6. The topological polar surface area (TPSA) is 101 Å². The van der Waals surface area contributed by atoms with Crippen molar-refractivity contribution >= 4 is 37.5 Å². The summed E-state index contributed by atoms with van der Waals surface area (Å²) < 4.78 is 27.0. The van der Waals surface area contributed by atoms with Crippen LogP contribution in [-0.2, 0) is 14.8 Å². The number of hydrogen-bond acceptors (Lipinski definition) is 4. The van der Waals surface area contributed by atoms with Gasteiger partial charge in [0.15, 0.2) is 0 Å². The second-order valence-electron chi connectivity index (χ2n) is 4.65. The summed E-state index contributed by atoms with van der Waals surface area (Å²) in [5, 5.41) is 2.69. The van der Waals surface area contributed by atoms with E-state index < -0.39 is 10.0 Å². The second kappa shape index (κ2) is 6.11. The van der Waals surface area contributed by atoms with Crippen molar-refractivity contribution in [3.63, 3.8) is 0 Å². The molecule has 0 aliphatic heterocycles. The fourth-order valence-corrected chi connectivity index (χ4v) is 3.21. The monoisotopic (exact) mass is 361 g/mol. The van der Waals surface area contributed by atoms with Gasteiger partial charge in [0.1, 0.15) is 0 Å². The molecule has 0 unspecified atom stereocenters. The highest BCUT2D eigenvalue weighted by Gasteiger charge is 2.29. The van der Waals surface area contributed by atoms with Gasteiger partial charge in [-0.25, -0.2) is 13.1 Å². The number of carbonyl (C=O) groups is 1. The lowest BCUT2D eigenvalue weighted by atomic mass is 10.3. The molecule has 6 nitrogen and oxygen atoms in total. The van der Waals surface area contributed by atoms with Crippen LogP contribution < -0.4 is 15.8 Å². The molecule has 1 aliphatic rings. The van der Waals surface area contributed by atoms with E-state index in [-0.39, 0.29) is 29.8 Å². The average molecular weight is 362 g/mol. The third-order valence-corrected chi connectivity index (χ3v) is 5.09. The SMILES string of the molecule is Nc1ccc(S(=O)(=O)NCCNC(=O)C2CC2)cc1Br. The van der Waals surface area contributed by atoms with Gasteiger partial charge < -0.3 is 11.1 Å². The smallest absolute Gasteiger partial charge is 0.240 e. The van der Waals surface area contributed by atoms with Crippen molar-refractivity contribution in [3.8, 4) is 0 Å². The summed E-state index contributed by atoms with van der Waals surface area (Å²) in [5.74, 6) is 0.124. The Kier molecular flexibility index (Phi) is 4.66. The summed E-state index contributed by atoms with van der Waals surface area (Å²) in [6, 6.07) is 4.40. The Balaban J connectivity index is 1.86. The van der Waals surface area contributed by atoms with E-state index in [1.165, 1.54) is 18.2 Å². The number of hydrogen-bond donors (Lipinski definition) is 3. The Bertz CT molecular complexity index is 614. The highest BCUT2D eigenvalue weighted by atomic mass is 79.9. The van der Waals surface area contributed by atoms with Crippen molar-refractivity contribution in [2.24, 2.45) is 5.92 Å². The lowest BCUT2D eigenvalue weighted by Crippen LogP contribution is -2.35. The fourth-order valence-electron chi connectivity index (χ4n) is 1.62. The zero-order valence-electron chi connectivity index (χ0n) is 10.7. The lowest BCUT2D eigenvalue weighted by Gasteiger charge is -2.09. The molecule has 0 spiro atoms. The molecule has 0 atom stereocenters. The van der Waals surface area contributed by atoms with Gasteiger partial charge in [-0.05, 0) is 47.0 Å². The molecule has 1 aromatic rings. The fraction of sp³-hybridized carbons (Fsp3) is 0.417. The van der Waals surface area contributed by atoms with E-state index in [0.29, 0.717) is 10.2 Å². The normalized spacial score (nSPS) is 15.1. The lowest BCUT2D eigenvalue weighted by molar-refractivity contribution is -0.122. The molecule has 0 aromatic heterocycles. The van der Waals surface area contributed by atoms with Crippen molar-refractivity contribution in [1.29, 1.82) is 0 Å². The number of nitrogens with two attached hydrogens (primary N) is 1. The zero-order chi connectivity index (χ0) is 14.8. The van der Waals surface area contributed by atoms with Gasteiger partial charge >= 0.3 is 0 Å². The quantitative estimate of drug-likeness (QED) is 0.516. The molecular weight excluding hydrogens is 346 g/mol. The molecule has 110 valence electrons. The second-order valence-corrected chi connectivity index (χ2v) is 7.27. The number of benzene rings is 1. The Morgan fingerprint density at radius 3 is 2.65 bits per heavy atom. The van der Waals surface area contributed by atoms with E-state index in [0.717, 1.165) is 12.8 Å². The molecule has 1 aliphatic carbocycles. The van der Waals surface area contributed by atoms with Crippen molar-refractivity contribution < 1.29 is 13.2 Å². The Morgan fingerprint density at radius 2 is 2.05 bits per heavy atom. The molecule has 2 rings (SSSR count). The van der Waals surface area contributed by atoms with Gasteiger partial charge in [0, 0.05) is 29.2 Å². The summed E-state index contributed by atoms with van der Waals surface area (Å²) >= 11 is 3.19. The average Bonchev–Trinajstić information content (AvgIpc) is 3.22. The number of nitrogens with one attached hydrogen (secondary N) is 2. The van der Waals surface area contributed by atoms with Crippen LogP contribution in [0.1, 0.15) is 12.8 Å². The number of amides is 1. The Morgan fingerprint density at radius 1 is 1.35 bits per heavy atom. The van der Waals surface area contributed by atoms with Crippen LogP contribution in [0.3, 0.4) is 0 Å². The molecule has 0 bridgehead atoms. The Labute approximate surface area is 126 Å². The van der Waals surface area contributed by atoms with E-state index in [1.807, 2.05) is 0 Å². The third-order valence-electron chi connectivity index (χ3n) is 2.95. The van der Waals surface area contributed by atoms with Gasteiger partial charge in [-0.2, -0.15) is 0 Å². The Hall–Kier alpha value is -1.12. The van der Waals surface area contributed by atoms with Crippen LogP contribution >= 0.6 is 15.9 Å². The van der Waals surface area contributed by atoms with Gasteiger partial charge in [0.2, 0.25) is 15.9 Å². The molecule has 8 heteroatoms. The number of carbonyl (C=O) groups excluding carboxylic acids is 1. The highest BCUT2D eigenvalue weighted by Crippen LogP contribution is 2.28. The van der Waals surface area contributed by atoms with Crippen molar-refractivity contribution in [3.05, 3.63) is 22.7 Å². The molecular formula is C12H16BrN3O3S. The summed E-state index contributed by atoms with van der Waals surface area (Å²) in [7, 11) is -3.59. The van der Waals surface area contributed by atoms with Crippen molar-refractivity contribution in [2.45, 2.75) is 17.7 Å². The number of anilines is 1. The number of sulfonamides is 1. The molecule has 1 fully saturated rings. The van der Waals surface area contributed by atoms with E-state index in [9.17, 15) is 13.2 Å². The van der Waals surface area contributed by atoms with Gasteiger partial charge in [-0.3, -0.25) is 4.79 Å². The first-order valence-electron chi connectivity index (χ1n) is 6.22. The first kappa shape index (κ1) is 15.3. The molecule has 0 saturated heterocycles. The number of nitrogen functional groups attached to an aromatic ring is 1. The predicted molar refractivity (Wildman–Crippen MR) is 79.5 cm³/mol. The summed E-state index contributed by atoms with van der Waals surface area (Å²) in [4.78, 5) is 11.5. The molecule has 20 heavy (non-hydrogen) atoms. The van der Waals surface area contributed by atoms with Crippen molar-refractivity contribution in [2.75, 3.05) is 18.8 Å². The maximum Gasteiger partial charge on any atom is 0.240 e. The maximum atomic E-state index is 12.0. The van der Waals surface area contributed by atoms with E-state index >= 15 is 0 Å². The third kappa shape index (κ3) is 3.94.